The molecule has 2 aromatic rings. The van der Waals surface area contributed by atoms with Gasteiger partial charge in [0.25, 0.3) is 5.91 Å². The molecular formula is C24H28ClN3O3. The minimum atomic E-state index is -1.01. The van der Waals surface area contributed by atoms with Gasteiger partial charge in [-0.2, -0.15) is 0 Å². The van der Waals surface area contributed by atoms with E-state index in [2.05, 4.69) is 15.1 Å². The van der Waals surface area contributed by atoms with Crippen molar-refractivity contribution < 1.29 is 14.7 Å². The van der Waals surface area contributed by atoms with E-state index in [0.717, 1.165) is 31.7 Å². The van der Waals surface area contributed by atoms with Gasteiger partial charge in [0.05, 0.1) is 16.9 Å². The Morgan fingerprint density at radius 2 is 1.71 bits per heavy atom. The van der Waals surface area contributed by atoms with Crippen LogP contribution in [0.4, 0.5) is 11.4 Å². The molecule has 0 unspecified atom stereocenters. The van der Waals surface area contributed by atoms with Crippen molar-refractivity contribution in [2.24, 2.45) is 5.92 Å². The molecule has 2 aromatic carbocycles. The number of carboxylic acid groups (broad SMARTS) is 1. The molecule has 1 atom stereocenters. The number of likely N-dealkylation sites (tertiary alicyclic amines) is 1. The maximum Gasteiger partial charge on any atom is 0.335 e. The number of anilines is 2. The van der Waals surface area contributed by atoms with E-state index in [-0.39, 0.29) is 11.5 Å². The minimum absolute atomic E-state index is 0.154. The third-order valence-electron chi connectivity index (χ3n) is 6.17. The minimum Gasteiger partial charge on any atom is -0.478 e. The van der Waals surface area contributed by atoms with Gasteiger partial charge < -0.3 is 20.2 Å². The van der Waals surface area contributed by atoms with E-state index in [1.165, 1.54) is 32.4 Å². The summed E-state index contributed by atoms with van der Waals surface area (Å²) in [5.41, 5.74) is 2.03. The van der Waals surface area contributed by atoms with Crippen molar-refractivity contribution in [3.8, 4) is 0 Å². The number of carbonyl (C=O) groups excluding carboxylic acids is 1. The van der Waals surface area contributed by atoms with Crippen LogP contribution in [-0.2, 0) is 0 Å². The van der Waals surface area contributed by atoms with E-state index in [4.69, 9.17) is 11.6 Å². The van der Waals surface area contributed by atoms with Crippen LogP contribution >= 0.6 is 11.6 Å². The molecule has 31 heavy (non-hydrogen) atoms. The van der Waals surface area contributed by atoms with Crippen molar-refractivity contribution in [2.45, 2.75) is 25.7 Å². The van der Waals surface area contributed by atoms with Crippen molar-refractivity contribution >= 4 is 34.9 Å². The van der Waals surface area contributed by atoms with Crippen molar-refractivity contribution in [3.05, 3.63) is 58.6 Å². The molecule has 0 bridgehead atoms. The number of rotatable bonds is 6. The lowest BCUT2D eigenvalue weighted by molar-refractivity contribution is 0.0696. The van der Waals surface area contributed by atoms with E-state index in [0.29, 0.717) is 22.2 Å². The Balaban J connectivity index is 1.55. The second-order valence-electron chi connectivity index (χ2n) is 8.46. The summed E-state index contributed by atoms with van der Waals surface area (Å²) in [7, 11) is 0. The number of nitrogens with zero attached hydrogens (tertiary/aromatic N) is 2. The van der Waals surface area contributed by atoms with Crippen molar-refractivity contribution in [2.75, 3.05) is 42.9 Å². The van der Waals surface area contributed by atoms with Gasteiger partial charge >= 0.3 is 5.97 Å². The highest BCUT2D eigenvalue weighted by molar-refractivity contribution is 6.30. The number of nitrogens with one attached hydrogen (secondary N) is 1. The fraction of sp³-hybridized carbons (Fsp3) is 0.417. The van der Waals surface area contributed by atoms with Gasteiger partial charge in [0.2, 0.25) is 0 Å². The first-order chi connectivity index (χ1) is 15.0. The van der Waals surface area contributed by atoms with Crippen molar-refractivity contribution in [1.29, 1.82) is 0 Å². The normalized spacial score (nSPS) is 19.4. The Bertz CT molecular complexity index is 942. The van der Waals surface area contributed by atoms with Gasteiger partial charge in [-0.25, -0.2) is 4.79 Å². The van der Waals surface area contributed by atoms with Gasteiger partial charge in [-0.05, 0) is 87.2 Å². The first-order valence-electron chi connectivity index (χ1n) is 10.9. The number of hydrogen-bond acceptors (Lipinski definition) is 4. The van der Waals surface area contributed by atoms with Gasteiger partial charge in [0, 0.05) is 30.2 Å². The summed E-state index contributed by atoms with van der Waals surface area (Å²) in [4.78, 5) is 29.2. The molecule has 164 valence electrons. The quantitative estimate of drug-likeness (QED) is 0.685. The van der Waals surface area contributed by atoms with Gasteiger partial charge in [0.1, 0.15) is 0 Å². The summed E-state index contributed by atoms with van der Waals surface area (Å²) in [5, 5.41) is 12.9. The average molecular weight is 442 g/mol. The fourth-order valence-electron chi connectivity index (χ4n) is 4.60. The maximum atomic E-state index is 12.8. The Kier molecular flexibility index (Phi) is 6.78. The lowest BCUT2D eigenvalue weighted by Gasteiger charge is -2.37. The number of carboxylic acids is 1. The summed E-state index contributed by atoms with van der Waals surface area (Å²) in [5.74, 6) is -0.726. The SMILES string of the molecule is O=C(O)c1ccc(N2CCC[C@H](CN3CCCC3)C2)c(NC(=O)c2ccc(Cl)cc2)c1. The molecule has 0 spiro atoms. The third kappa shape index (κ3) is 5.38. The van der Waals surface area contributed by atoms with Crippen molar-refractivity contribution in [1.82, 2.24) is 4.90 Å². The third-order valence-corrected chi connectivity index (χ3v) is 6.42. The first-order valence-corrected chi connectivity index (χ1v) is 11.3. The molecule has 0 aliphatic carbocycles. The molecule has 0 radical (unpaired) electrons. The standard InChI is InChI=1S/C24H28ClN3O3/c25-20-8-5-18(6-9-20)23(29)26-21-14-19(24(30)31)7-10-22(21)28-13-3-4-17(16-28)15-27-11-1-2-12-27/h5-10,14,17H,1-4,11-13,15-16H2,(H,26,29)(H,30,31)/t17-/m1/s1. The molecule has 0 aromatic heterocycles. The number of halogens is 1. The first kappa shape index (κ1) is 21.7. The number of aromatic carboxylic acids is 1. The van der Waals surface area contributed by atoms with Crippen LogP contribution in [0.2, 0.25) is 5.02 Å². The molecule has 2 saturated heterocycles. The zero-order valence-corrected chi connectivity index (χ0v) is 18.3. The maximum absolute atomic E-state index is 12.8. The molecule has 1 amide bonds. The molecule has 2 fully saturated rings. The molecule has 7 heteroatoms. The molecule has 2 N–H and O–H groups in total. The Morgan fingerprint density at radius 1 is 1.00 bits per heavy atom. The van der Waals surface area contributed by atoms with Crippen LogP contribution in [0.25, 0.3) is 0 Å². The molecule has 2 heterocycles. The van der Waals surface area contributed by atoms with Gasteiger partial charge in [0.15, 0.2) is 0 Å². The predicted octanol–water partition coefficient (Wildman–Crippen LogP) is 4.60. The van der Waals surface area contributed by atoms with E-state index >= 15 is 0 Å². The average Bonchev–Trinajstić information content (AvgIpc) is 3.27. The zero-order chi connectivity index (χ0) is 21.8. The van der Waals surface area contributed by atoms with Crippen LogP contribution in [0, 0.1) is 5.92 Å². The molecule has 4 rings (SSSR count). The lowest BCUT2D eigenvalue weighted by Crippen LogP contribution is -2.40. The monoisotopic (exact) mass is 441 g/mol. The van der Waals surface area contributed by atoms with Crippen molar-refractivity contribution in [3.63, 3.8) is 0 Å². The smallest absolute Gasteiger partial charge is 0.335 e. The van der Waals surface area contributed by atoms with E-state index in [9.17, 15) is 14.7 Å². The predicted molar refractivity (Wildman–Crippen MR) is 123 cm³/mol. The number of carbonyl (C=O) groups is 2. The van der Waals surface area contributed by atoms with Crippen LogP contribution in [0.1, 0.15) is 46.4 Å². The summed E-state index contributed by atoms with van der Waals surface area (Å²) < 4.78 is 0. The van der Waals surface area contributed by atoms with Crippen LogP contribution in [0.3, 0.4) is 0 Å². The summed E-state index contributed by atoms with van der Waals surface area (Å²) in [6.07, 6.45) is 4.86. The molecule has 0 saturated carbocycles. The summed E-state index contributed by atoms with van der Waals surface area (Å²) in [6.45, 7) is 5.29. The molecular weight excluding hydrogens is 414 g/mol. The Labute approximate surface area is 187 Å². The molecule has 2 aliphatic heterocycles. The summed E-state index contributed by atoms with van der Waals surface area (Å²) >= 11 is 5.93. The zero-order valence-electron chi connectivity index (χ0n) is 17.5. The van der Waals surface area contributed by atoms with Gasteiger partial charge in [-0.1, -0.05) is 11.6 Å². The van der Waals surface area contributed by atoms with E-state index < -0.39 is 5.97 Å². The van der Waals surface area contributed by atoms with Gasteiger partial charge in [-0.3, -0.25) is 4.79 Å². The molecule has 6 nitrogen and oxygen atoms in total. The van der Waals surface area contributed by atoms with Gasteiger partial charge in [-0.15, -0.1) is 0 Å². The topological polar surface area (TPSA) is 72.9 Å². The van der Waals surface area contributed by atoms with E-state index in [1.54, 1.807) is 36.4 Å². The largest absolute Gasteiger partial charge is 0.478 e. The van der Waals surface area contributed by atoms with Crippen LogP contribution in [0.15, 0.2) is 42.5 Å². The highest BCUT2D eigenvalue weighted by Crippen LogP contribution is 2.32. The second kappa shape index (κ2) is 9.71. The fourth-order valence-corrected chi connectivity index (χ4v) is 4.73. The highest BCUT2D eigenvalue weighted by atomic mass is 35.5. The lowest BCUT2D eigenvalue weighted by atomic mass is 9.96. The van der Waals surface area contributed by atoms with E-state index in [1.807, 2.05) is 6.07 Å². The highest BCUT2D eigenvalue weighted by Gasteiger charge is 2.25. The number of benzene rings is 2. The second-order valence-corrected chi connectivity index (χ2v) is 8.90. The van der Waals surface area contributed by atoms with Crippen LogP contribution < -0.4 is 10.2 Å². The Hall–Kier alpha value is -2.57. The number of piperidine rings is 1. The number of amides is 1. The van der Waals surface area contributed by atoms with Crippen LogP contribution in [-0.4, -0.2) is 54.6 Å². The van der Waals surface area contributed by atoms with Crippen LogP contribution in [0.5, 0.6) is 0 Å². The summed E-state index contributed by atoms with van der Waals surface area (Å²) in [6, 6.07) is 11.6. The Morgan fingerprint density at radius 3 is 2.42 bits per heavy atom. The number of hydrogen-bond donors (Lipinski definition) is 2. The molecule has 2 aliphatic rings.